The zero-order valence-electron chi connectivity index (χ0n) is 9.55. The highest BCUT2D eigenvalue weighted by molar-refractivity contribution is 7.80. The highest BCUT2D eigenvalue weighted by atomic mass is 32.1. The van der Waals surface area contributed by atoms with Crippen molar-refractivity contribution in [3.8, 4) is 0 Å². The molecule has 0 spiro atoms. The molecule has 1 aliphatic carbocycles. The van der Waals surface area contributed by atoms with Crippen LogP contribution >= 0.6 is 12.2 Å². The van der Waals surface area contributed by atoms with Crippen molar-refractivity contribution in [1.29, 1.82) is 0 Å². The van der Waals surface area contributed by atoms with Gasteiger partial charge in [-0.2, -0.15) is 0 Å². The number of nitrogens with zero attached hydrogens (tertiary/aromatic N) is 1. The third-order valence-electron chi connectivity index (χ3n) is 2.37. The largest absolute Gasteiger partial charge is 0.362 e. The lowest BCUT2D eigenvalue weighted by Gasteiger charge is -2.25. The normalized spacial score (nSPS) is 15.7. The van der Waals surface area contributed by atoms with Crippen LogP contribution in [0.1, 0.15) is 40.0 Å². The maximum Gasteiger partial charge on any atom is 0.169 e. The Bertz CT molecular complexity index is 188. The molecular weight excluding hydrogens is 192 g/mol. The molecular formula is C11H22N2S. The summed E-state index contributed by atoms with van der Waals surface area (Å²) in [5.41, 5.74) is 0. The van der Waals surface area contributed by atoms with Gasteiger partial charge in [-0.25, -0.2) is 0 Å². The standard InChI is InChI=1S/C11H22N2S/c1-4-7-13(10-5-6-10)11(14)12-8-9(2)3/h9-10H,4-8H2,1-3H3,(H,12,14). The van der Waals surface area contributed by atoms with Crippen molar-refractivity contribution in [2.75, 3.05) is 13.1 Å². The molecule has 1 N–H and O–H groups in total. The van der Waals surface area contributed by atoms with Crippen molar-refractivity contribution in [3.63, 3.8) is 0 Å². The van der Waals surface area contributed by atoms with Crippen molar-refractivity contribution in [2.24, 2.45) is 5.92 Å². The lowest BCUT2D eigenvalue weighted by atomic mass is 10.2. The molecule has 1 rings (SSSR count). The molecule has 0 aliphatic heterocycles. The highest BCUT2D eigenvalue weighted by Gasteiger charge is 2.29. The Morgan fingerprint density at radius 3 is 2.57 bits per heavy atom. The summed E-state index contributed by atoms with van der Waals surface area (Å²) in [6.07, 6.45) is 3.83. The SMILES string of the molecule is CCCN(C(=S)NCC(C)C)C1CC1. The van der Waals surface area contributed by atoms with Crippen LogP contribution in [-0.4, -0.2) is 29.1 Å². The Kier molecular flexibility index (Phi) is 4.66. The second-order valence-corrected chi connectivity index (χ2v) is 4.89. The molecule has 0 aromatic heterocycles. The third-order valence-corrected chi connectivity index (χ3v) is 2.75. The number of hydrogen-bond acceptors (Lipinski definition) is 1. The molecule has 0 unspecified atom stereocenters. The minimum Gasteiger partial charge on any atom is -0.362 e. The van der Waals surface area contributed by atoms with Crippen LogP contribution in [-0.2, 0) is 0 Å². The van der Waals surface area contributed by atoms with Gasteiger partial charge >= 0.3 is 0 Å². The molecule has 3 heteroatoms. The molecule has 0 radical (unpaired) electrons. The van der Waals surface area contributed by atoms with E-state index in [4.69, 9.17) is 12.2 Å². The van der Waals surface area contributed by atoms with Crippen LogP contribution < -0.4 is 5.32 Å². The van der Waals surface area contributed by atoms with E-state index >= 15 is 0 Å². The quantitative estimate of drug-likeness (QED) is 0.708. The molecule has 0 saturated heterocycles. The molecule has 0 bridgehead atoms. The van der Waals surface area contributed by atoms with Crippen LogP contribution in [0, 0.1) is 5.92 Å². The first-order chi connectivity index (χ1) is 6.65. The summed E-state index contributed by atoms with van der Waals surface area (Å²) in [7, 11) is 0. The van der Waals surface area contributed by atoms with Crippen LogP contribution in [0.15, 0.2) is 0 Å². The van der Waals surface area contributed by atoms with Gasteiger partial charge in [-0.3, -0.25) is 0 Å². The monoisotopic (exact) mass is 214 g/mol. The van der Waals surface area contributed by atoms with Gasteiger partial charge in [0.2, 0.25) is 0 Å². The molecule has 1 saturated carbocycles. The Balaban J connectivity index is 2.30. The molecule has 0 atom stereocenters. The minimum absolute atomic E-state index is 0.663. The van der Waals surface area contributed by atoms with Crippen molar-refractivity contribution >= 4 is 17.3 Å². The van der Waals surface area contributed by atoms with Gasteiger partial charge in [0.05, 0.1) is 0 Å². The van der Waals surface area contributed by atoms with Gasteiger partial charge in [-0.05, 0) is 37.4 Å². The summed E-state index contributed by atoms with van der Waals surface area (Å²) in [5.74, 6) is 0.663. The van der Waals surface area contributed by atoms with Gasteiger partial charge in [-0.15, -0.1) is 0 Å². The molecule has 14 heavy (non-hydrogen) atoms. The molecule has 1 fully saturated rings. The van der Waals surface area contributed by atoms with E-state index in [-0.39, 0.29) is 0 Å². The minimum atomic E-state index is 0.663. The van der Waals surface area contributed by atoms with E-state index in [2.05, 4.69) is 31.0 Å². The second kappa shape index (κ2) is 5.54. The zero-order chi connectivity index (χ0) is 10.6. The number of rotatable bonds is 5. The first-order valence-electron chi connectivity index (χ1n) is 5.69. The summed E-state index contributed by atoms with van der Waals surface area (Å²) in [6, 6.07) is 0.738. The van der Waals surface area contributed by atoms with Crippen LogP contribution in [0.2, 0.25) is 0 Å². The lowest BCUT2D eigenvalue weighted by Crippen LogP contribution is -2.42. The smallest absolute Gasteiger partial charge is 0.169 e. The first kappa shape index (κ1) is 11.8. The predicted molar refractivity (Wildman–Crippen MR) is 65.5 cm³/mol. The number of hydrogen-bond donors (Lipinski definition) is 1. The molecule has 1 aliphatic rings. The van der Waals surface area contributed by atoms with Crippen molar-refractivity contribution in [2.45, 2.75) is 46.1 Å². The fourth-order valence-electron chi connectivity index (χ4n) is 1.47. The number of nitrogens with one attached hydrogen (secondary N) is 1. The molecule has 0 aromatic rings. The van der Waals surface area contributed by atoms with Gasteiger partial charge in [0.1, 0.15) is 0 Å². The fourth-order valence-corrected chi connectivity index (χ4v) is 1.79. The predicted octanol–water partition coefficient (Wildman–Crippen LogP) is 2.39. The van der Waals surface area contributed by atoms with Gasteiger partial charge in [0, 0.05) is 19.1 Å². The van der Waals surface area contributed by atoms with E-state index < -0.39 is 0 Å². The van der Waals surface area contributed by atoms with Gasteiger partial charge < -0.3 is 10.2 Å². The average Bonchev–Trinajstić information content (AvgIpc) is 2.93. The summed E-state index contributed by atoms with van der Waals surface area (Å²) >= 11 is 5.39. The van der Waals surface area contributed by atoms with E-state index in [0.29, 0.717) is 5.92 Å². The van der Waals surface area contributed by atoms with Crippen LogP contribution in [0.5, 0.6) is 0 Å². The third kappa shape index (κ3) is 3.82. The zero-order valence-corrected chi connectivity index (χ0v) is 10.4. The van der Waals surface area contributed by atoms with Gasteiger partial charge in [0.25, 0.3) is 0 Å². The molecule has 0 amide bonds. The first-order valence-corrected chi connectivity index (χ1v) is 6.10. The molecule has 2 nitrogen and oxygen atoms in total. The second-order valence-electron chi connectivity index (χ2n) is 4.50. The van der Waals surface area contributed by atoms with Gasteiger partial charge in [0.15, 0.2) is 5.11 Å². The van der Waals surface area contributed by atoms with Crippen molar-refractivity contribution < 1.29 is 0 Å². The van der Waals surface area contributed by atoms with Crippen LogP contribution in [0.4, 0.5) is 0 Å². The fraction of sp³-hybridized carbons (Fsp3) is 0.909. The van der Waals surface area contributed by atoms with Gasteiger partial charge in [-0.1, -0.05) is 20.8 Å². The lowest BCUT2D eigenvalue weighted by molar-refractivity contribution is 0.398. The highest BCUT2D eigenvalue weighted by Crippen LogP contribution is 2.26. The van der Waals surface area contributed by atoms with Crippen molar-refractivity contribution in [3.05, 3.63) is 0 Å². The Hall–Kier alpha value is -0.310. The van der Waals surface area contributed by atoms with E-state index in [0.717, 1.165) is 24.2 Å². The van der Waals surface area contributed by atoms with E-state index in [1.807, 2.05) is 0 Å². The molecule has 0 aromatic carbocycles. The van der Waals surface area contributed by atoms with E-state index in [1.165, 1.54) is 19.3 Å². The Morgan fingerprint density at radius 2 is 2.14 bits per heavy atom. The van der Waals surface area contributed by atoms with E-state index in [1.54, 1.807) is 0 Å². The number of thiocarbonyl (C=S) groups is 1. The summed E-state index contributed by atoms with van der Waals surface area (Å²) < 4.78 is 0. The van der Waals surface area contributed by atoms with Crippen molar-refractivity contribution in [1.82, 2.24) is 10.2 Å². The maximum atomic E-state index is 5.39. The summed E-state index contributed by atoms with van der Waals surface area (Å²) in [6.45, 7) is 8.72. The average molecular weight is 214 g/mol. The molecule has 82 valence electrons. The summed E-state index contributed by atoms with van der Waals surface area (Å²) in [5, 5.41) is 4.31. The molecule has 0 heterocycles. The Labute approximate surface area is 93.1 Å². The summed E-state index contributed by atoms with van der Waals surface area (Å²) in [4.78, 5) is 2.36. The van der Waals surface area contributed by atoms with Crippen LogP contribution in [0.25, 0.3) is 0 Å². The van der Waals surface area contributed by atoms with Crippen LogP contribution in [0.3, 0.4) is 0 Å². The maximum absolute atomic E-state index is 5.39. The topological polar surface area (TPSA) is 15.3 Å². The Morgan fingerprint density at radius 1 is 1.50 bits per heavy atom. The van der Waals surface area contributed by atoms with E-state index in [9.17, 15) is 0 Å².